The quantitative estimate of drug-likeness (QED) is 0.581. The van der Waals surface area contributed by atoms with Crippen LogP contribution in [0.3, 0.4) is 0 Å². The number of thioether (sulfide) groups is 1. The lowest BCUT2D eigenvalue weighted by atomic mass is 10.2. The number of hydrogen-bond donors (Lipinski definition) is 1. The number of carbonyl (C=O) groups is 1. The van der Waals surface area contributed by atoms with Gasteiger partial charge in [0.25, 0.3) is 0 Å². The van der Waals surface area contributed by atoms with Crippen LogP contribution in [-0.4, -0.2) is 39.3 Å². The number of carbonyl (C=O) groups excluding carboxylic acids is 1. The SMILES string of the molecule is CC(=O)Nc1cccc(-n2nnnc2SCc2cc3c(cc2Br)OCCO3)c1. The van der Waals surface area contributed by atoms with Crippen molar-refractivity contribution in [1.82, 2.24) is 20.2 Å². The Bertz CT molecular complexity index is 1030. The minimum atomic E-state index is -0.132. The largest absolute Gasteiger partial charge is 0.486 e. The molecule has 1 N–H and O–H groups in total. The predicted molar refractivity (Wildman–Crippen MR) is 108 cm³/mol. The van der Waals surface area contributed by atoms with E-state index in [1.54, 1.807) is 4.68 Å². The maximum absolute atomic E-state index is 11.3. The van der Waals surface area contributed by atoms with Crippen LogP contribution in [0.2, 0.25) is 0 Å². The molecular weight excluding hydrogens is 446 g/mol. The molecule has 1 amide bonds. The topological polar surface area (TPSA) is 91.2 Å². The third-order valence-corrected chi connectivity index (χ3v) is 5.63. The van der Waals surface area contributed by atoms with E-state index in [-0.39, 0.29) is 5.91 Å². The van der Waals surface area contributed by atoms with E-state index in [2.05, 4.69) is 36.8 Å². The second-order valence-electron chi connectivity index (χ2n) is 5.98. The zero-order chi connectivity index (χ0) is 19.5. The van der Waals surface area contributed by atoms with Crippen LogP contribution in [0.25, 0.3) is 5.69 Å². The summed E-state index contributed by atoms with van der Waals surface area (Å²) in [7, 11) is 0. The van der Waals surface area contributed by atoms with Gasteiger partial charge in [0.15, 0.2) is 11.5 Å². The second kappa shape index (κ2) is 8.19. The van der Waals surface area contributed by atoms with Gasteiger partial charge in [-0.2, -0.15) is 4.68 Å². The molecule has 0 saturated carbocycles. The summed E-state index contributed by atoms with van der Waals surface area (Å²) < 4.78 is 13.8. The molecule has 144 valence electrons. The molecule has 2 heterocycles. The number of rotatable bonds is 5. The van der Waals surface area contributed by atoms with Gasteiger partial charge in [-0.3, -0.25) is 4.79 Å². The molecule has 0 bridgehead atoms. The van der Waals surface area contributed by atoms with Crippen molar-refractivity contribution in [1.29, 1.82) is 0 Å². The normalized spacial score (nSPS) is 12.6. The van der Waals surface area contributed by atoms with Gasteiger partial charge in [0.05, 0.1) is 5.69 Å². The van der Waals surface area contributed by atoms with Gasteiger partial charge in [0.2, 0.25) is 11.1 Å². The number of tetrazole rings is 1. The first-order valence-corrected chi connectivity index (χ1v) is 10.3. The van der Waals surface area contributed by atoms with Crippen LogP contribution in [0, 0.1) is 0 Å². The third-order valence-electron chi connectivity index (χ3n) is 3.92. The maximum Gasteiger partial charge on any atom is 0.221 e. The summed E-state index contributed by atoms with van der Waals surface area (Å²) in [4.78, 5) is 11.3. The molecule has 0 radical (unpaired) electrons. The fourth-order valence-electron chi connectivity index (χ4n) is 2.71. The highest BCUT2D eigenvalue weighted by Crippen LogP contribution is 2.37. The Hall–Kier alpha value is -2.59. The average molecular weight is 462 g/mol. The van der Waals surface area contributed by atoms with Crippen LogP contribution in [0.15, 0.2) is 46.0 Å². The van der Waals surface area contributed by atoms with Crippen molar-refractivity contribution in [2.75, 3.05) is 18.5 Å². The van der Waals surface area contributed by atoms with Gasteiger partial charge in [0.1, 0.15) is 13.2 Å². The number of halogens is 1. The van der Waals surface area contributed by atoms with Gasteiger partial charge in [0, 0.05) is 22.8 Å². The summed E-state index contributed by atoms with van der Waals surface area (Å²) in [6.07, 6.45) is 0. The molecular formula is C18H16BrN5O3S. The first-order valence-electron chi connectivity index (χ1n) is 8.47. The highest BCUT2D eigenvalue weighted by molar-refractivity contribution is 9.10. The summed E-state index contributed by atoms with van der Waals surface area (Å²) in [6.45, 7) is 2.57. The minimum Gasteiger partial charge on any atom is -0.486 e. The number of hydrogen-bond acceptors (Lipinski definition) is 7. The standard InChI is InChI=1S/C18H16BrN5O3S/c1-11(25)20-13-3-2-4-14(8-13)24-18(21-22-23-24)28-10-12-7-16-17(9-15(12)19)27-6-5-26-16/h2-4,7-9H,5-6,10H2,1H3,(H,20,25). The van der Waals surface area contributed by atoms with E-state index in [1.165, 1.54) is 18.7 Å². The molecule has 3 aromatic rings. The fourth-order valence-corrected chi connectivity index (χ4v) is 4.24. The van der Waals surface area contributed by atoms with Crippen LogP contribution in [0.1, 0.15) is 12.5 Å². The van der Waals surface area contributed by atoms with Crippen LogP contribution >= 0.6 is 27.7 Å². The molecule has 0 fully saturated rings. The van der Waals surface area contributed by atoms with E-state index >= 15 is 0 Å². The van der Waals surface area contributed by atoms with Crippen LogP contribution in [-0.2, 0) is 10.5 Å². The number of fused-ring (bicyclic) bond motifs is 1. The highest BCUT2D eigenvalue weighted by Gasteiger charge is 2.16. The first kappa shape index (κ1) is 18.8. The molecule has 0 unspecified atom stereocenters. The van der Waals surface area contributed by atoms with Crippen molar-refractivity contribution in [3.8, 4) is 17.2 Å². The molecule has 1 aromatic heterocycles. The van der Waals surface area contributed by atoms with Gasteiger partial charge in [-0.1, -0.05) is 33.8 Å². The molecule has 2 aromatic carbocycles. The third kappa shape index (κ3) is 4.12. The van der Waals surface area contributed by atoms with Crippen LogP contribution in [0.5, 0.6) is 11.5 Å². The monoisotopic (exact) mass is 461 g/mol. The molecule has 1 aliphatic rings. The van der Waals surface area contributed by atoms with Crippen LogP contribution < -0.4 is 14.8 Å². The van der Waals surface area contributed by atoms with E-state index in [0.29, 0.717) is 29.8 Å². The average Bonchev–Trinajstić information content (AvgIpc) is 3.14. The smallest absolute Gasteiger partial charge is 0.221 e. The van der Waals surface area contributed by atoms with Gasteiger partial charge in [-0.25, -0.2) is 0 Å². The lowest BCUT2D eigenvalue weighted by Crippen LogP contribution is -2.15. The first-order chi connectivity index (χ1) is 13.6. The molecule has 8 nitrogen and oxygen atoms in total. The second-order valence-corrected chi connectivity index (χ2v) is 7.78. The Morgan fingerprint density at radius 2 is 2.04 bits per heavy atom. The Morgan fingerprint density at radius 3 is 2.82 bits per heavy atom. The van der Waals surface area contributed by atoms with Crippen molar-refractivity contribution in [2.24, 2.45) is 0 Å². The highest BCUT2D eigenvalue weighted by atomic mass is 79.9. The lowest BCUT2D eigenvalue weighted by Gasteiger charge is -2.19. The van der Waals surface area contributed by atoms with Crippen molar-refractivity contribution >= 4 is 39.3 Å². The van der Waals surface area contributed by atoms with E-state index in [4.69, 9.17) is 9.47 Å². The summed E-state index contributed by atoms with van der Waals surface area (Å²) >= 11 is 5.09. The molecule has 28 heavy (non-hydrogen) atoms. The summed E-state index contributed by atoms with van der Waals surface area (Å²) in [5, 5.41) is 15.4. The zero-order valence-corrected chi connectivity index (χ0v) is 17.3. The number of anilines is 1. The van der Waals surface area contributed by atoms with Crippen LogP contribution in [0.4, 0.5) is 5.69 Å². The van der Waals surface area contributed by atoms with Gasteiger partial charge in [-0.05, 0) is 46.3 Å². The molecule has 1 aliphatic heterocycles. The number of aromatic nitrogens is 4. The number of amides is 1. The maximum atomic E-state index is 11.3. The fraction of sp³-hybridized carbons (Fsp3) is 0.222. The van der Waals surface area contributed by atoms with Crippen molar-refractivity contribution < 1.29 is 14.3 Å². The summed E-state index contributed by atoms with van der Waals surface area (Å²) in [5.74, 6) is 1.99. The molecule has 0 atom stereocenters. The van der Waals surface area contributed by atoms with E-state index in [1.807, 2.05) is 36.4 Å². The van der Waals surface area contributed by atoms with Crippen molar-refractivity contribution in [3.63, 3.8) is 0 Å². The summed E-state index contributed by atoms with van der Waals surface area (Å²) in [6, 6.07) is 11.2. The summed E-state index contributed by atoms with van der Waals surface area (Å²) in [5.41, 5.74) is 2.50. The molecule has 0 saturated heterocycles. The number of nitrogens with zero attached hydrogens (tertiary/aromatic N) is 4. The lowest BCUT2D eigenvalue weighted by molar-refractivity contribution is -0.114. The van der Waals surface area contributed by atoms with Gasteiger partial charge in [-0.15, -0.1) is 5.10 Å². The number of nitrogens with one attached hydrogen (secondary N) is 1. The minimum absolute atomic E-state index is 0.132. The predicted octanol–water partition coefficient (Wildman–Crippen LogP) is 3.45. The Kier molecular flexibility index (Phi) is 5.49. The zero-order valence-electron chi connectivity index (χ0n) is 14.9. The van der Waals surface area contributed by atoms with E-state index < -0.39 is 0 Å². The van der Waals surface area contributed by atoms with Crippen molar-refractivity contribution in [2.45, 2.75) is 17.8 Å². The Labute approximate surface area is 173 Å². The van der Waals surface area contributed by atoms with Crippen molar-refractivity contribution in [3.05, 3.63) is 46.4 Å². The molecule has 10 heteroatoms. The molecule has 4 rings (SSSR count). The van der Waals surface area contributed by atoms with Gasteiger partial charge >= 0.3 is 0 Å². The number of ether oxygens (including phenoxy) is 2. The Balaban J connectivity index is 1.54. The molecule has 0 aliphatic carbocycles. The van der Waals surface area contributed by atoms with E-state index in [9.17, 15) is 4.79 Å². The number of benzene rings is 2. The van der Waals surface area contributed by atoms with E-state index in [0.717, 1.165) is 27.2 Å². The Morgan fingerprint density at radius 1 is 1.25 bits per heavy atom. The van der Waals surface area contributed by atoms with Gasteiger partial charge < -0.3 is 14.8 Å². The molecule has 0 spiro atoms.